The first-order valence-corrected chi connectivity index (χ1v) is 18.9. The third kappa shape index (κ3) is 4.94. The maximum Gasteiger partial charge on any atom is 0.164 e. The highest BCUT2D eigenvalue weighted by Gasteiger charge is 2.21. The molecular weight excluding hydrogens is 703 g/mol. The van der Waals surface area contributed by atoms with Gasteiger partial charge in [-0.05, 0) is 29.8 Å². The van der Waals surface area contributed by atoms with Gasteiger partial charge in [0.15, 0.2) is 17.5 Å². The summed E-state index contributed by atoms with van der Waals surface area (Å²) >= 11 is 0. The van der Waals surface area contributed by atoms with E-state index in [4.69, 9.17) is 28.2 Å². The number of fused-ring (bicyclic) bond motifs is 9. The van der Waals surface area contributed by atoms with Crippen molar-refractivity contribution in [1.29, 1.82) is 0 Å². The SMILES string of the molecule is c1ccc(-c2nc(-c3ccccc3)nc(-c3cccc4oc5ccc(-c6cccc7c6oc6c(-c8cccc9c8oc8ccccc89)cccc67)cc5c34)n2)cc1. The Labute approximate surface area is 325 Å². The van der Waals surface area contributed by atoms with Crippen molar-refractivity contribution in [3.63, 3.8) is 0 Å². The van der Waals surface area contributed by atoms with Crippen LogP contribution in [0.1, 0.15) is 0 Å². The van der Waals surface area contributed by atoms with Crippen LogP contribution in [0.3, 0.4) is 0 Å². The van der Waals surface area contributed by atoms with E-state index >= 15 is 0 Å². The van der Waals surface area contributed by atoms with Crippen LogP contribution >= 0.6 is 0 Å². The van der Waals surface area contributed by atoms with E-state index in [0.717, 1.165) is 105 Å². The fraction of sp³-hybridized carbons (Fsp3) is 0. The molecule has 0 spiro atoms. The molecule has 0 N–H and O–H groups in total. The zero-order chi connectivity index (χ0) is 37.5. The number of aromatic nitrogens is 3. The Morgan fingerprint density at radius 1 is 0.281 bits per heavy atom. The molecule has 0 saturated carbocycles. The van der Waals surface area contributed by atoms with Crippen molar-refractivity contribution < 1.29 is 13.3 Å². The molecule has 266 valence electrons. The molecule has 4 aromatic heterocycles. The molecular formula is C51H29N3O3. The monoisotopic (exact) mass is 731 g/mol. The first-order chi connectivity index (χ1) is 28.2. The lowest BCUT2D eigenvalue weighted by molar-refractivity contribution is 0.665. The van der Waals surface area contributed by atoms with Crippen molar-refractivity contribution in [1.82, 2.24) is 15.0 Å². The van der Waals surface area contributed by atoms with Gasteiger partial charge in [-0.25, -0.2) is 15.0 Å². The summed E-state index contributed by atoms with van der Waals surface area (Å²) in [6.45, 7) is 0. The van der Waals surface area contributed by atoms with E-state index in [0.29, 0.717) is 17.5 Å². The van der Waals surface area contributed by atoms with Gasteiger partial charge in [-0.3, -0.25) is 0 Å². The summed E-state index contributed by atoms with van der Waals surface area (Å²) in [6.07, 6.45) is 0. The summed E-state index contributed by atoms with van der Waals surface area (Å²) in [7, 11) is 0. The second kappa shape index (κ2) is 12.3. The molecule has 12 rings (SSSR count). The molecule has 6 nitrogen and oxygen atoms in total. The van der Waals surface area contributed by atoms with Gasteiger partial charge in [0.05, 0.1) is 0 Å². The maximum absolute atomic E-state index is 6.94. The highest BCUT2D eigenvalue weighted by Crippen LogP contribution is 2.44. The van der Waals surface area contributed by atoms with E-state index in [1.165, 1.54) is 0 Å². The molecule has 0 aliphatic rings. The minimum atomic E-state index is 0.577. The Balaban J connectivity index is 1.04. The average molecular weight is 732 g/mol. The van der Waals surface area contributed by atoms with Gasteiger partial charge >= 0.3 is 0 Å². The fourth-order valence-corrected chi connectivity index (χ4v) is 8.33. The minimum absolute atomic E-state index is 0.577. The van der Waals surface area contributed by atoms with Crippen molar-refractivity contribution in [2.45, 2.75) is 0 Å². The molecule has 6 heteroatoms. The summed E-state index contributed by atoms with van der Waals surface area (Å²) in [4.78, 5) is 15.0. The van der Waals surface area contributed by atoms with E-state index in [2.05, 4.69) is 78.9 Å². The molecule has 57 heavy (non-hydrogen) atoms. The van der Waals surface area contributed by atoms with Gasteiger partial charge in [0.25, 0.3) is 0 Å². The molecule has 0 fully saturated rings. The zero-order valence-corrected chi connectivity index (χ0v) is 30.3. The van der Waals surface area contributed by atoms with Crippen LogP contribution < -0.4 is 0 Å². The Morgan fingerprint density at radius 3 is 1.47 bits per heavy atom. The molecule has 0 atom stereocenters. The van der Waals surface area contributed by atoms with Gasteiger partial charge < -0.3 is 13.3 Å². The van der Waals surface area contributed by atoms with E-state index in [9.17, 15) is 0 Å². The third-order valence-corrected chi connectivity index (χ3v) is 11.0. The standard InChI is InChI=1S/C51H29N3O3/c1-3-13-30(14-4-1)49-52-50(31-15-5-2-6-16-31)54-51(53-49)40-24-12-26-44-45(40)41-29-32(27-28-43(41)55-44)33-18-9-20-36-38-22-11-23-39(48(38)57-46(33)36)37-21-10-19-35-34-17-7-8-25-42(34)56-47(35)37/h1-29H. The Kier molecular flexibility index (Phi) is 6.83. The predicted octanol–water partition coefficient (Wildman–Crippen LogP) is 13.9. The fourth-order valence-electron chi connectivity index (χ4n) is 8.33. The smallest absolute Gasteiger partial charge is 0.164 e. The summed E-state index contributed by atoms with van der Waals surface area (Å²) < 4.78 is 19.9. The van der Waals surface area contributed by atoms with E-state index in [1.807, 2.05) is 97.1 Å². The zero-order valence-electron chi connectivity index (χ0n) is 30.3. The number of rotatable bonds is 5. The van der Waals surface area contributed by atoms with Gasteiger partial charge in [-0.1, -0.05) is 152 Å². The van der Waals surface area contributed by atoms with Crippen LogP contribution in [0.2, 0.25) is 0 Å². The van der Waals surface area contributed by atoms with Crippen molar-refractivity contribution >= 4 is 65.8 Å². The van der Waals surface area contributed by atoms with Crippen LogP contribution in [-0.2, 0) is 0 Å². The molecule has 0 aliphatic heterocycles. The van der Waals surface area contributed by atoms with Crippen LogP contribution in [-0.4, -0.2) is 15.0 Å². The number of nitrogens with zero attached hydrogens (tertiary/aromatic N) is 3. The van der Waals surface area contributed by atoms with E-state index < -0.39 is 0 Å². The number of furan rings is 3. The first-order valence-electron chi connectivity index (χ1n) is 18.9. The van der Waals surface area contributed by atoms with Crippen LogP contribution in [0, 0.1) is 0 Å². The van der Waals surface area contributed by atoms with Gasteiger partial charge in [0.1, 0.15) is 33.5 Å². The van der Waals surface area contributed by atoms with Gasteiger partial charge in [-0.2, -0.15) is 0 Å². The Morgan fingerprint density at radius 2 is 0.772 bits per heavy atom. The molecule has 4 heterocycles. The van der Waals surface area contributed by atoms with Crippen molar-refractivity contribution in [2.75, 3.05) is 0 Å². The topological polar surface area (TPSA) is 78.1 Å². The van der Waals surface area contributed by atoms with Crippen molar-refractivity contribution in [2.24, 2.45) is 0 Å². The lowest BCUT2D eigenvalue weighted by Gasteiger charge is -2.09. The summed E-state index contributed by atoms with van der Waals surface area (Å²) in [5.74, 6) is 1.79. The summed E-state index contributed by atoms with van der Waals surface area (Å²) in [5, 5.41) is 6.19. The largest absolute Gasteiger partial charge is 0.456 e. The van der Waals surface area contributed by atoms with Crippen LogP contribution in [0.5, 0.6) is 0 Å². The number of para-hydroxylation sites is 4. The van der Waals surface area contributed by atoms with E-state index in [-0.39, 0.29) is 0 Å². The number of hydrogen-bond donors (Lipinski definition) is 0. The Bertz CT molecular complexity index is 3470. The minimum Gasteiger partial charge on any atom is -0.456 e. The normalized spacial score (nSPS) is 11.9. The molecule has 12 aromatic rings. The second-order valence-corrected chi connectivity index (χ2v) is 14.3. The van der Waals surface area contributed by atoms with Gasteiger partial charge in [0, 0.05) is 65.7 Å². The second-order valence-electron chi connectivity index (χ2n) is 14.3. The molecule has 8 aromatic carbocycles. The lowest BCUT2D eigenvalue weighted by Crippen LogP contribution is -2.00. The van der Waals surface area contributed by atoms with Crippen LogP contribution in [0.15, 0.2) is 189 Å². The maximum atomic E-state index is 6.94. The highest BCUT2D eigenvalue weighted by molar-refractivity contribution is 6.17. The van der Waals surface area contributed by atoms with Gasteiger partial charge in [-0.15, -0.1) is 0 Å². The number of benzene rings is 8. The molecule has 0 radical (unpaired) electrons. The lowest BCUT2D eigenvalue weighted by atomic mass is 9.98. The molecule has 0 amide bonds. The molecule has 0 aliphatic carbocycles. The number of hydrogen-bond acceptors (Lipinski definition) is 6. The summed E-state index contributed by atoms with van der Waals surface area (Å²) in [6, 6.07) is 59.7. The highest BCUT2D eigenvalue weighted by atomic mass is 16.3. The van der Waals surface area contributed by atoms with Crippen molar-refractivity contribution in [3.05, 3.63) is 176 Å². The van der Waals surface area contributed by atoms with Crippen LogP contribution in [0.4, 0.5) is 0 Å². The predicted molar refractivity (Wildman–Crippen MR) is 229 cm³/mol. The Hall–Kier alpha value is -7.83. The first kappa shape index (κ1) is 31.5. The van der Waals surface area contributed by atoms with Crippen LogP contribution in [0.25, 0.3) is 122 Å². The average Bonchev–Trinajstić information content (AvgIpc) is 3.98. The molecule has 0 saturated heterocycles. The third-order valence-electron chi connectivity index (χ3n) is 11.0. The van der Waals surface area contributed by atoms with Gasteiger partial charge in [0.2, 0.25) is 0 Å². The quantitative estimate of drug-likeness (QED) is 0.175. The molecule has 0 bridgehead atoms. The van der Waals surface area contributed by atoms with Crippen molar-refractivity contribution in [3.8, 4) is 56.4 Å². The summed E-state index contributed by atoms with van der Waals surface area (Å²) in [5.41, 5.74) is 11.6. The molecule has 0 unspecified atom stereocenters. The van der Waals surface area contributed by atoms with E-state index in [1.54, 1.807) is 0 Å².